The van der Waals surface area contributed by atoms with Crippen LogP contribution >= 0.6 is 0 Å². The molecular formula is C39H40N8O5. The molecular weight excluding hydrogens is 660 g/mol. The molecule has 52 heavy (non-hydrogen) atoms. The maximum atomic E-state index is 13.1. The van der Waals surface area contributed by atoms with Crippen molar-refractivity contribution in [1.29, 1.82) is 0 Å². The third-order valence-electron chi connectivity index (χ3n) is 8.67. The van der Waals surface area contributed by atoms with Gasteiger partial charge in [-0.2, -0.15) is 0 Å². The van der Waals surface area contributed by atoms with Crippen LogP contribution in [0.25, 0.3) is 22.4 Å². The molecule has 1 unspecified atom stereocenters. The highest BCUT2D eigenvalue weighted by atomic mass is 16.5. The van der Waals surface area contributed by atoms with Crippen molar-refractivity contribution >= 4 is 58.4 Å². The molecule has 1 atom stereocenters. The number of aromatic nitrogens is 4. The van der Waals surface area contributed by atoms with E-state index in [0.29, 0.717) is 53.5 Å². The Labute approximate surface area is 300 Å². The fourth-order valence-corrected chi connectivity index (χ4v) is 6.11. The van der Waals surface area contributed by atoms with E-state index >= 15 is 0 Å². The summed E-state index contributed by atoms with van der Waals surface area (Å²) >= 11 is 0. The maximum Gasteiger partial charge on any atom is 0.291 e. The van der Waals surface area contributed by atoms with Crippen molar-refractivity contribution in [2.45, 2.75) is 46.1 Å². The SMILES string of the molecule is C=C1CC2C=Nc3cc(OCCCC(=O)Nc4cn(C)c(C(=O)Nc5ccc(-c6nc7ccc(C=O)cc7[nH]6)cc5)n4)c(C)cc3C(=O)N2C1.CC. The van der Waals surface area contributed by atoms with Gasteiger partial charge in [-0.15, -0.1) is 0 Å². The van der Waals surface area contributed by atoms with Crippen LogP contribution in [0.2, 0.25) is 0 Å². The van der Waals surface area contributed by atoms with Crippen LogP contribution in [0.1, 0.15) is 70.0 Å². The Morgan fingerprint density at radius 1 is 1.08 bits per heavy atom. The highest BCUT2D eigenvalue weighted by Crippen LogP contribution is 2.35. The largest absolute Gasteiger partial charge is 0.493 e. The van der Waals surface area contributed by atoms with E-state index < -0.39 is 5.91 Å². The van der Waals surface area contributed by atoms with Crippen LogP contribution in [0.15, 0.2) is 77.9 Å². The molecule has 3 aromatic carbocycles. The Bertz CT molecular complexity index is 2220. The van der Waals surface area contributed by atoms with E-state index in [-0.39, 0.29) is 42.5 Å². The summed E-state index contributed by atoms with van der Waals surface area (Å²) in [5.74, 6) is 0.871. The molecule has 0 bridgehead atoms. The maximum absolute atomic E-state index is 13.1. The molecule has 0 radical (unpaired) electrons. The number of rotatable bonds is 10. The quantitative estimate of drug-likeness (QED) is 0.0835. The van der Waals surface area contributed by atoms with Crippen LogP contribution in [-0.2, 0) is 11.8 Å². The van der Waals surface area contributed by atoms with Gasteiger partial charge in [0, 0.05) is 55.3 Å². The van der Waals surface area contributed by atoms with Gasteiger partial charge in [0.05, 0.1) is 34.9 Å². The first-order valence-electron chi connectivity index (χ1n) is 17.1. The van der Waals surface area contributed by atoms with E-state index in [1.165, 1.54) is 0 Å². The van der Waals surface area contributed by atoms with E-state index in [0.717, 1.165) is 34.0 Å². The topological polar surface area (TPSA) is 164 Å². The summed E-state index contributed by atoms with van der Waals surface area (Å²) < 4.78 is 7.52. The number of anilines is 2. The minimum Gasteiger partial charge on any atom is -0.493 e. The van der Waals surface area contributed by atoms with E-state index in [9.17, 15) is 19.2 Å². The minimum absolute atomic E-state index is 0.0616. The molecule has 0 spiro atoms. The number of carbonyl (C=O) groups excluding carboxylic acids is 4. The van der Waals surface area contributed by atoms with E-state index in [4.69, 9.17) is 4.74 Å². The minimum atomic E-state index is -0.438. The van der Waals surface area contributed by atoms with Crippen molar-refractivity contribution in [2.75, 3.05) is 23.8 Å². The number of ether oxygens (including phenoxy) is 1. The third kappa shape index (κ3) is 7.53. The second-order valence-corrected chi connectivity index (χ2v) is 12.4. The molecule has 5 aromatic rings. The molecule has 2 aliphatic heterocycles. The lowest BCUT2D eigenvalue weighted by atomic mass is 10.1. The monoisotopic (exact) mass is 700 g/mol. The van der Waals surface area contributed by atoms with Gasteiger partial charge >= 0.3 is 0 Å². The predicted octanol–water partition coefficient (Wildman–Crippen LogP) is 6.65. The second kappa shape index (κ2) is 15.3. The van der Waals surface area contributed by atoms with Crippen molar-refractivity contribution in [3.8, 4) is 17.1 Å². The number of nitrogens with zero attached hydrogens (tertiary/aromatic N) is 5. The first kappa shape index (κ1) is 35.5. The molecule has 7 rings (SSSR count). The summed E-state index contributed by atoms with van der Waals surface area (Å²) in [7, 11) is 1.67. The molecule has 3 amide bonds. The molecule has 2 aliphatic rings. The van der Waals surface area contributed by atoms with Gasteiger partial charge in [0.15, 0.2) is 5.82 Å². The molecule has 266 valence electrons. The molecule has 2 aromatic heterocycles. The van der Waals surface area contributed by atoms with Crippen LogP contribution < -0.4 is 15.4 Å². The van der Waals surface area contributed by atoms with Gasteiger partial charge in [-0.05, 0) is 73.9 Å². The molecule has 1 saturated heterocycles. The number of aryl methyl sites for hydroxylation is 2. The van der Waals surface area contributed by atoms with Gasteiger partial charge in [-0.3, -0.25) is 24.2 Å². The number of benzene rings is 3. The number of fused-ring (bicyclic) bond motifs is 3. The van der Waals surface area contributed by atoms with Gasteiger partial charge in [0.1, 0.15) is 17.9 Å². The Morgan fingerprint density at radius 2 is 1.87 bits per heavy atom. The van der Waals surface area contributed by atoms with Gasteiger partial charge in [0.2, 0.25) is 11.7 Å². The van der Waals surface area contributed by atoms with E-state index in [1.807, 2.05) is 32.9 Å². The van der Waals surface area contributed by atoms with Gasteiger partial charge in [-0.25, -0.2) is 9.97 Å². The van der Waals surface area contributed by atoms with Crippen LogP contribution in [0, 0.1) is 6.92 Å². The van der Waals surface area contributed by atoms with Crippen molar-refractivity contribution in [2.24, 2.45) is 12.0 Å². The van der Waals surface area contributed by atoms with Crippen molar-refractivity contribution in [3.63, 3.8) is 0 Å². The number of imidazole rings is 2. The lowest BCUT2D eigenvalue weighted by molar-refractivity contribution is -0.116. The highest BCUT2D eigenvalue weighted by molar-refractivity contribution is 6.04. The number of hydrogen-bond donors (Lipinski definition) is 3. The van der Waals surface area contributed by atoms with Gasteiger partial charge < -0.3 is 29.8 Å². The van der Waals surface area contributed by atoms with Crippen LogP contribution in [0.4, 0.5) is 17.2 Å². The average Bonchev–Trinajstić information content (AvgIpc) is 3.84. The summed E-state index contributed by atoms with van der Waals surface area (Å²) in [5.41, 5.74) is 6.36. The highest BCUT2D eigenvalue weighted by Gasteiger charge is 2.33. The van der Waals surface area contributed by atoms with E-state index in [1.54, 1.807) is 71.4 Å². The molecule has 1 fully saturated rings. The Balaban J connectivity index is 0.00000228. The number of H-pyrrole nitrogens is 1. The van der Waals surface area contributed by atoms with Crippen LogP contribution in [-0.4, -0.2) is 73.8 Å². The molecule has 4 heterocycles. The zero-order valence-electron chi connectivity index (χ0n) is 29.5. The first-order chi connectivity index (χ1) is 25.1. The summed E-state index contributed by atoms with van der Waals surface area (Å²) in [4.78, 5) is 68.4. The average molecular weight is 701 g/mol. The number of aldehydes is 1. The fourth-order valence-electron chi connectivity index (χ4n) is 6.11. The number of nitrogens with one attached hydrogen (secondary N) is 3. The van der Waals surface area contributed by atoms with Crippen LogP contribution in [0.5, 0.6) is 5.75 Å². The van der Waals surface area contributed by atoms with Gasteiger partial charge in [0.25, 0.3) is 11.8 Å². The van der Waals surface area contributed by atoms with Crippen molar-refractivity contribution in [3.05, 3.63) is 95.5 Å². The number of aromatic amines is 1. The first-order valence-corrected chi connectivity index (χ1v) is 17.1. The lowest BCUT2D eigenvalue weighted by Gasteiger charge is -2.20. The molecule has 3 N–H and O–H groups in total. The Hall–Kier alpha value is -6.37. The number of aliphatic imine (C=N–C) groups is 1. The summed E-state index contributed by atoms with van der Waals surface area (Å²) in [6.07, 6.45) is 5.49. The zero-order valence-corrected chi connectivity index (χ0v) is 29.5. The summed E-state index contributed by atoms with van der Waals surface area (Å²) in [6.45, 7) is 10.7. The van der Waals surface area contributed by atoms with E-state index in [2.05, 4.69) is 37.2 Å². The smallest absolute Gasteiger partial charge is 0.291 e. The number of amides is 3. The lowest BCUT2D eigenvalue weighted by Crippen LogP contribution is -2.35. The molecule has 13 nitrogen and oxygen atoms in total. The third-order valence-corrected chi connectivity index (χ3v) is 8.67. The summed E-state index contributed by atoms with van der Waals surface area (Å²) in [6, 6.07) is 15.9. The molecule has 0 saturated carbocycles. The Kier molecular flexibility index (Phi) is 10.4. The standard InChI is InChI=1S/C37H34N8O5.C2H6/c1-21-13-26-17-38-29-16-31(22(2)14-27(29)37(49)45(26)18-21)50-12-4-5-33(47)42-32-19-44(3)35(43-32)36(48)39-25-9-7-24(8-10-25)34-40-28-11-6-23(20-46)15-30(28)41-34;1-2/h6-11,14-17,19-20,26H,1,4-5,12-13,18H2,2-3H3,(H,39,48)(H,40,41)(H,42,47);1-2H3. The molecule has 13 heteroatoms. The van der Waals surface area contributed by atoms with Crippen molar-refractivity contribution < 1.29 is 23.9 Å². The number of carbonyl (C=O) groups is 4. The number of hydrogen-bond acceptors (Lipinski definition) is 8. The Morgan fingerprint density at radius 3 is 2.63 bits per heavy atom. The normalized spacial score (nSPS) is 14.6. The molecule has 0 aliphatic carbocycles. The predicted molar refractivity (Wildman–Crippen MR) is 201 cm³/mol. The zero-order chi connectivity index (χ0) is 36.9. The van der Waals surface area contributed by atoms with Crippen molar-refractivity contribution in [1.82, 2.24) is 24.4 Å². The van der Waals surface area contributed by atoms with Crippen LogP contribution in [0.3, 0.4) is 0 Å². The van der Waals surface area contributed by atoms with Gasteiger partial charge in [-0.1, -0.05) is 26.0 Å². The second-order valence-electron chi connectivity index (χ2n) is 12.4. The summed E-state index contributed by atoms with van der Waals surface area (Å²) in [5, 5.41) is 5.58. The fraction of sp³-hybridized carbons (Fsp3) is 0.256.